The van der Waals surface area contributed by atoms with Gasteiger partial charge in [-0.05, 0) is 50.2 Å². The standard InChI is InChI=1S/C23H37N5O2.HI/c1-4-25-23(27-11-8-18(9-12-27)14-22(29)24-2)26-16-19-10-13-28(17-19)20-6-5-7-21(15-20)30-3;/h5-7,15,18-19H,4,8-14,16-17H2,1-3H3,(H,24,29)(H,25,26);1H. The second-order valence-corrected chi connectivity index (χ2v) is 8.30. The van der Waals surface area contributed by atoms with Gasteiger partial charge in [-0.15, -0.1) is 24.0 Å². The summed E-state index contributed by atoms with van der Waals surface area (Å²) in [5.74, 6) is 3.13. The smallest absolute Gasteiger partial charge is 0.220 e. The molecule has 2 saturated heterocycles. The minimum absolute atomic E-state index is 0. The first-order chi connectivity index (χ1) is 14.6. The second kappa shape index (κ2) is 13.0. The van der Waals surface area contributed by atoms with Crippen molar-refractivity contribution in [3.05, 3.63) is 24.3 Å². The summed E-state index contributed by atoms with van der Waals surface area (Å²) >= 11 is 0. The summed E-state index contributed by atoms with van der Waals surface area (Å²) in [7, 11) is 3.43. The minimum Gasteiger partial charge on any atom is -0.497 e. The maximum absolute atomic E-state index is 11.6. The normalized spacial score (nSPS) is 19.7. The number of likely N-dealkylation sites (tertiary alicyclic amines) is 1. The molecular formula is C23H38IN5O2. The first-order valence-electron chi connectivity index (χ1n) is 11.3. The van der Waals surface area contributed by atoms with Crippen LogP contribution in [-0.4, -0.2) is 70.2 Å². The van der Waals surface area contributed by atoms with Crippen LogP contribution >= 0.6 is 24.0 Å². The monoisotopic (exact) mass is 543 g/mol. The highest BCUT2D eigenvalue weighted by Gasteiger charge is 2.25. The zero-order chi connectivity index (χ0) is 21.3. The van der Waals surface area contributed by atoms with Crippen molar-refractivity contribution in [1.29, 1.82) is 0 Å². The Labute approximate surface area is 204 Å². The number of anilines is 1. The summed E-state index contributed by atoms with van der Waals surface area (Å²) < 4.78 is 5.36. The van der Waals surface area contributed by atoms with Crippen LogP contribution in [0, 0.1) is 11.8 Å². The van der Waals surface area contributed by atoms with Crippen LogP contribution in [0.25, 0.3) is 0 Å². The van der Waals surface area contributed by atoms with E-state index in [0.717, 1.165) is 70.2 Å². The zero-order valence-corrected chi connectivity index (χ0v) is 21.4. The molecule has 1 unspecified atom stereocenters. The van der Waals surface area contributed by atoms with Crippen molar-refractivity contribution in [1.82, 2.24) is 15.5 Å². The Bertz CT molecular complexity index is 722. The van der Waals surface area contributed by atoms with Gasteiger partial charge in [0.15, 0.2) is 5.96 Å². The molecular weight excluding hydrogens is 505 g/mol. The summed E-state index contributed by atoms with van der Waals surface area (Å²) in [6, 6.07) is 8.30. The van der Waals surface area contributed by atoms with Gasteiger partial charge in [0.05, 0.1) is 7.11 Å². The van der Waals surface area contributed by atoms with E-state index < -0.39 is 0 Å². The largest absolute Gasteiger partial charge is 0.497 e. The lowest BCUT2D eigenvalue weighted by molar-refractivity contribution is -0.121. The molecule has 3 rings (SSSR count). The van der Waals surface area contributed by atoms with Gasteiger partial charge in [0.1, 0.15) is 5.75 Å². The molecule has 2 aliphatic rings. The van der Waals surface area contributed by atoms with E-state index in [-0.39, 0.29) is 29.9 Å². The van der Waals surface area contributed by atoms with E-state index in [1.807, 2.05) is 6.07 Å². The van der Waals surface area contributed by atoms with Gasteiger partial charge in [-0.2, -0.15) is 0 Å². The molecule has 0 saturated carbocycles. The number of amides is 1. The topological polar surface area (TPSA) is 69.2 Å². The van der Waals surface area contributed by atoms with Crippen LogP contribution in [0.2, 0.25) is 0 Å². The van der Waals surface area contributed by atoms with Crippen LogP contribution in [0.15, 0.2) is 29.3 Å². The van der Waals surface area contributed by atoms with Gasteiger partial charge in [-0.3, -0.25) is 9.79 Å². The van der Waals surface area contributed by atoms with E-state index >= 15 is 0 Å². The number of methoxy groups -OCH3 is 1. The van der Waals surface area contributed by atoms with Crippen molar-refractivity contribution in [2.24, 2.45) is 16.8 Å². The average Bonchev–Trinajstić information content (AvgIpc) is 3.26. The van der Waals surface area contributed by atoms with E-state index in [1.165, 1.54) is 5.69 Å². The number of halogens is 1. The van der Waals surface area contributed by atoms with E-state index in [4.69, 9.17) is 9.73 Å². The molecule has 2 N–H and O–H groups in total. The Balaban J connectivity index is 0.00000341. The molecule has 0 spiro atoms. The van der Waals surface area contributed by atoms with Crippen molar-refractivity contribution in [3.63, 3.8) is 0 Å². The molecule has 174 valence electrons. The molecule has 0 aromatic heterocycles. The number of hydrogen-bond acceptors (Lipinski definition) is 4. The third-order valence-corrected chi connectivity index (χ3v) is 6.21. The predicted molar refractivity (Wildman–Crippen MR) is 138 cm³/mol. The predicted octanol–water partition coefficient (Wildman–Crippen LogP) is 2.95. The maximum Gasteiger partial charge on any atom is 0.220 e. The molecule has 1 aromatic rings. The lowest BCUT2D eigenvalue weighted by atomic mass is 9.93. The Hall–Kier alpha value is -1.71. The number of rotatable bonds is 7. The molecule has 8 heteroatoms. The van der Waals surface area contributed by atoms with Crippen LogP contribution in [0.1, 0.15) is 32.6 Å². The molecule has 2 fully saturated rings. The molecule has 7 nitrogen and oxygen atoms in total. The van der Waals surface area contributed by atoms with Crippen molar-refractivity contribution >= 4 is 41.5 Å². The molecule has 1 amide bonds. The Morgan fingerprint density at radius 1 is 1.19 bits per heavy atom. The number of nitrogens with zero attached hydrogens (tertiary/aromatic N) is 3. The van der Waals surface area contributed by atoms with Crippen molar-refractivity contribution in [2.75, 3.05) is 58.3 Å². The highest BCUT2D eigenvalue weighted by Crippen LogP contribution is 2.27. The third-order valence-electron chi connectivity index (χ3n) is 6.21. The Morgan fingerprint density at radius 2 is 1.94 bits per heavy atom. The van der Waals surface area contributed by atoms with Crippen LogP contribution < -0.4 is 20.3 Å². The fraction of sp³-hybridized carbons (Fsp3) is 0.652. The van der Waals surface area contributed by atoms with Gasteiger partial charge in [0.25, 0.3) is 0 Å². The zero-order valence-electron chi connectivity index (χ0n) is 19.1. The SMILES string of the molecule is CCNC(=NCC1CCN(c2cccc(OC)c2)C1)N1CCC(CC(=O)NC)CC1.I. The number of guanidine groups is 1. The number of nitrogens with one attached hydrogen (secondary N) is 2. The Morgan fingerprint density at radius 3 is 2.61 bits per heavy atom. The molecule has 31 heavy (non-hydrogen) atoms. The molecule has 0 radical (unpaired) electrons. The van der Waals surface area contributed by atoms with Gasteiger partial charge in [-0.1, -0.05) is 6.07 Å². The first kappa shape index (κ1) is 25.5. The van der Waals surface area contributed by atoms with Crippen LogP contribution in [0.5, 0.6) is 5.75 Å². The molecule has 2 heterocycles. The van der Waals surface area contributed by atoms with E-state index in [2.05, 4.69) is 45.6 Å². The quantitative estimate of drug-likeness (QED) is 0.315. The molecule has 1 atom stereocenters. The lowest BCUT2D eigenvalue weighted by Crippen LogP contribution is -2.46. The van der Waals surface area contributed by atoms with Gasteiger partial charge in [-0.25, -0.2) is 0 Å². The van der Waals surface area contributed by atoms with Crippen LogP contribution in [0.3, 0.4) is 0 Å². The Kier molecular flexibility index (Phi) is 10.7. The number of carbonyl (C=O) groups is 1. The molecule has 0 aliphatic carbocycles. The van der Waals surface area contributed by atoms with E-state index in [1.54, 1.807) is 14.2 Å². The number of ether oxygens (including phenoxy) is 1. The molecule has 1 aromatic carbocycles. The first-order valence-corrected chi connectivity index (χ1v) is 11.3. The molecule has 0 bridgehead atoms. The fourth-order valence-corrected chi connectivity index (χ4v) is 4.38. The van der Waals surface area contributed by atoms with Crippen molar-refractivity contribution in [3.8, 4) is 5.75 Å². The van der Waals surface area contributed by atoms with Crippen molar-refractivity contribution in [2.45, 2.75) is 32.6 Å². The molecule has 2 aliphatic heterocycles. The van der Waals surface area contributed by atoms with Gasteiger partial charge < -0.3 is 25.2 Å². The van der Waals surface area contributed by atoms with E-state index in [9.17, 15) is 4.79 Å². The van der Waals surface area contributed by atoms with Gasteiger partial charge >= 0.3 is 0 Å². The number of benzene rings is 1. The summed E-state index contributed by atoms with van der Waals surface area (Å²) in [4.78, 5) is 21.4. The van der Waals surface area contributed by atoms with Gasteiger partial charge in [0, 0.05) is 64.5 Å². The average molecular weight is 543 g/mol. The summed E-state index contributed by atoms with van der Waals surface area (Å²) in [6.07, 6.45) is 3.89. The lowest BCUT2D eigenvalue weighted by Gasteiger charge is -2.34. The number of piperidine rings is 1. The maximum atomic E-state index is 11.6. The van der Waals surface area contributed by atoms with E-state index in [0.29, 0.717) is 18.3 Å². The number of hydrogen-bond donors (Lipinski definition) is 2. The van der Waals surface area contributed by atoms with Crippen molar-refractivity contribution < 1.29 is 9.53 Å². The number of carbonyl (C=O) groups excluding carboxylic acids is 1. The summed E-state index contributed by atoms with van der Waals surface area (Å²) in [5.41, 5.74) is 1.23. The van der Waals surface area contributed by atoms with Crippen LogP contribution in [0.4, 0.5) is 5.69 Å². The highest BCUT2D eigenvalue weighted by molar-refractivity contribution is 14.0. The summed E-state index contributed by atoms with van der Waals surface area (Å²) in [6.45, 7) is 7.87. The second-order valence-electron chi connectivity index (χ2n) is 8.30. The summed E-state index contributed by atoms with van der Waals surface area (Å²) in [5, 5.41) is 6.21. The number of aliphatic imine (C=N–C) groups is 1. The van der Waals surface area contributed by atoms with Crippen LogP contribution in [-0.2, 0) is 4.79 Å². The minimum atomic E-state index is 0. The fourth-order valence-electron chi connectivity index (χ4n) is 4.38. The third kappa shape index (κ3) is 7.43. The highest BCUT2D eigenvalue weighted by atomic mass is 127. The van der Waals surface area contributed by atoms with Gasteiger partial charge in [0.2, 0.25) is 5.91 Å².